The predicted octanol–water partition coefficient (Wildman–Crippen LogP) is 1.76. The van der Waals surface area contributed by atoms with Gasteiger partial charge in [-0.25, -0.2) is 9.97 Å². The van der Waals surface area contributed by atoms with Crippen LogP contribution in [-0.4, -0.2) is 22.2 Å². The Morgan fingerprint density at radius 1 is 1.26 bits per heavy atom. The van der Waals surface area contributed by atoms with Gasteiger partial charge >= 0.3 is 0 Å². The van der Waals surface area contributed by atoms with Crippen LogP contribution in [0.4, 0.5) is 5.69 Å². The van der Waals surface area contributed by atoms with Crippen molar-refractivity contribution >= 4 is 17.9 Å². The van der Waals surface area contributed by atoms with Crippen molar-refractivity contribution in [2.24, 2.45) is 0 Å². The summed E-state index contributed by atoms with van der Waals surface area (Å²) in [5.74, 6) is 0.171. The highest BCUT2D eigenvalue weighted by Crippen LogP contribution is 2.28. The molecule has 1 amide bonds. The van der Waals surface area contributed by atoms with Gasteiger partial charge in [0, 0.05) is 16.9 Å². The molecule has 0 aliphatic carbocycles. The van der Waals surface area contributed by atoms with Crippen molar-refractivity contribution in [2.45, 2.75) is 13.3 Å². The summed E-state index contributed by atoms with van der Waals surface area (Å²) in [7, 11) is 0. The maximum atomic E-state index is 11.3. The normalized spacial score (nSPS) is 13.0. The number of hydrogen-bond donors (Lipinski definition) is 1. The summed E-state index contributed by atoms with van der Waals surface area (Å²) < 4.78 is 0. The van der Waals surface area contributed by atoms with Gasteiger partial charge in [-0.1, -0.05) is 6.07 Å². The molecule has 5 nitrogen and oxygen atoms in total. The number of anilines is 1. The van der Waals surface area contributed by atoms with Crippen LogP contribution in [0.15, 0.2) is 24.3 Å². The molecule has 94 valence electrons. The first kappa shape index (κ1) is 11.5. The molecule has 0 fully saturated rings. The number of amides is 1. The van der Waals surface area contributed by atoms with Crippen molar-refractivity contribution in [3.8, 4) is 11.3 Å². The summed E-state index contributed by atoms with van der Waals surface area (Å²) in [6, 6.07) is 7.47. The molecule has 0 bridgehead atoms. The molecule has 0 radical (unpaired) electrons. The largest absolute Gasteiger partial charge is 0.326 e. The quantitative estimate of drug-likeness (QED) is 0.828. The van der Waals surface area contributed by atoms with Crippen molar-refractivity contribution in [2.75, 3.05) is 5.32 Å². The molecule has 0 saturated heterocycles. The summed E-state index contributed by atoms with van der Waals surface area (Å²) in [4.78, 5) is 30.3. The van der Waals surface area contributed by atoms with Crippen LogP contribution in [0.5, 0.6) is 0 Å². The standard InChI is InChI=1S/C14H11N3O2/c1-8-4-12(16-13(7-18)15-8)9-2-3-11-10(5-9)6-14(19)17-11/h2-5,7H,6H2,1H3,(H,17,19). The first-order valence-corrected chi connectivity index (χ1v) is 5.90. The first-order chi connectivity index (χ1) is 9.15. The van der Waals surface area contributed by atoms with Crippen LogP contribution >= 0.6 is 0 Å². The number of carbonyl (C=O) groups excluding carboxylic acids is 2. The molecule has 1 aromatic carbocycles. The van der Waals surface area contributed by atoms with E-state index in [1.54, 1.807) is 0 Å². The second-order valence-corrected chi connectivity index (χ2v) is 4.47. The lowest BCUT2D eigenvalue weighted by Gasteiger charge is -2.05. The Kier molecular flexibility index (Phi) is 2.59. The zero-order chi connectivity index (χ0) is 13.4. The molecule has 2 aromatic rings. The van der Waals surface area contributed by atoms with Gasteiger partial charge in [-0.05, 0) is 30.7 Å². The highest BCUT2D eigenvalue weighted by atomic mass is 16.1. The van der Waals surface area contributed by atoms with E-state index in [0.717, 1.165) is 22.5 Å². The molecule has 1 N–H and O–H groups in total. The van der Waals surface area contributed by atoms with E-state index in [4.69, 9.17) is 0 Å². The molecule has 0 spiro atoms. The molecule has 1 aliphatic heterocycles. The summed E-state index contributed by atoms with van der Waals surface area (Å²) >= 11 is 0. The Balaban J connectivity index is 2.08. The van der Waals surface area contributed by atoms with Gasteiger partial charge in [0.25, 0.3) is 0 Å². The molecular formula is C14H11N3O2. The number of rotatable bonds is 2. The molecule has 0 unspecified atom stereocenters. The number of aldehydes is 1. The minimum absolute atomic E-state index is 0.000372. The van der Waals surface area contributed by atoms with Crippen LogP contribution in [0.3, 0.4) is 0 Å². The third-order valence-electron chi connectivity index (χ3n) is 3.00. The van der Waals surface area contributed by atoms with Gasteiger partial charge in [-0.3, -0.25) is 9.59 Å². The van der Waals surface area contributed by atoms with Crippen LogP contribution < -0.4 is 5.32 Å². The van der Waals surface area contributed by atoms with E-state index >= 15 is 0 Å². The molecule has 3 rings (SSSR count). The summed E-state index contributed by atoms with van der Waals surface area (Å²) in [5, 5.41) is 2.78. The molecule has 2 heterocycles. The third-order valence-corrected chi connectivity index (χ3v) is 3.00. The highest BCUT2D eigenvalue weighted by molar-refractivity contribution is 5.99. The average Bonchev–Trinajstić information content (AvgIpc) is 2.76. The molecule has 1 aromatic heterocycles. The lowest BCUT2D eigenvalue weighted by Crippen LogP contribution is -2.03. The van der Waals surface area contributed by atoms with E-state index in [1.165, 1.54) is 0 Å². The Hall–Kier alpha value is -2.56. The molecule has 5 heteroatoms. The fourth-order valence-corrected chi connectivity index (χ4v) is 2.18. The van der Waals surface area contributed by atoms with E-state index < -0.39 is 0 Å². The van der Waals surface area contributed by atoms with E-state index in [0.29, 0.717) is 18.4 Å². The number of aryl methyl sites for hydroxylation is 1. The van der Waals surface area contributed by atoms with Crippen molar-refractivity contribution < 1.29 is 9.59 Å². The van der Waals surface area contributed by atoms with Crippen molar-refractivity contribution in [3.05, 3.63) is 41.3 Å². The SMILES string of the molecule is Cc1cc(-c2ccc3c(c2)CC(=O)N3)nc(C=O)n1. The van der Waals surface area contributed by atoms with Gasteiger partial charge in [0.15, 0.2) is 12.1 Å². The second kappa shape index (κ2) is 4.28. The van der Waals surface area contributed by atoms with Crippen LogP contribution in [0.2, 0.25) is 0 Å². The van der Waals surface area contributed by atoms with E-state index in [2.05, 4.69) is 15.3 Å². The summed E-state index contributed by atoms with van der Waals surface area (Å²) in [6.45, 7) is 1.82. The van der Waals surface area contributed by atoms with Gasteiger partial charge in [-0.2, -0.15) is 0 Å². The molecule has 19 heavy (non-hydrogen) atoms. The Morgan fingerprint density at radius 2 is 2.11 bits per heavy atom. The number of aromatic nitrogens is 2. The Bertz CT molecular complexity index is 695. The Morgan fingerprint density at radius 3 is 2.89 bits per heavy atom. The summed E-state index contributed by atoms with van der Waals surface area (Å²) in [5.41, 5.74) is 4.10. The fraction of sp³-hybridized carbons (Fsp3) is 0.143. The number of benzene rings is 1. The van der Waals surface area contributed by atoms with E-state index in [1.807, 2.05) is 31.2 Å². The van der Waals surface area contributed by atoms with Crippen molar-refractivity contribution in [3.63, 3.8) is 0 Å². The topological polar surface area (TPSA) is 72.0 Å². The van der Waals surface area contributed by atoms with Crippen molar-refractivity contribution in [1.29, 1.82) is 0 Å². The zero-order valence-corrected chi connectivity index (χ0v) is 10.3. The van der Waals surface area contributed by atoms with Gasteiger partial charge in [0.05, 0.1) is 12.1 Å². The molecular weight excluding hydrogens is 242 g/mol. The number of carbonyl (C=O) groups is 2. The predicted molar refractivity (Wildman–Crippen MR) is 69.9 cm³/mol. The number of hydrogen-bond acceptors (Lipinski definition) is 4. The van der Waals surface area contributed by atoms with E-state index in [-0.39, 0.29) is 11.7 Å². The third kappa shape index (κ3) is 2.10. The second-order valence-electron chi connectivity index (χ2n) is 4.47. The smallest absolute Gasteiger partial charge is 0.228 e. The van der Waals surface area contributed by atoms with Gasteiger partial charge in [0.1, 0.15) is 0 Å². The Labute approximate surface area is 109 Å². The van der Waals surface area contributed by atoms with Crippen LogP contribution in [0.1, 0.15) is 21.9 Å². The van der Waals surface area contributed by atoms with Gasteiger partial charge < -0.3 is 5.32 Å². The molecule has 1 aliphatic rings. The lowest BCUT2D eigenvalue weighted by molar-refractivity contribution is -0.115. The maximum absolute atomic E-state index is 11.3. The average molecular weight is 253 g/mol. The van der Waals surface area contributed by atoms with Crippen molar-refractivity contribution in [1.82, 2.24) is 9.97 Å². The minimum atomic E-state index is -0.000372. The monoisotopic (exact) mass is 253 g/mol. The van der Waals surface area contributed by atoms with Crippen LogP contribution in [0, 0.1) is 6.92 Å². The van der Waals surface area contributed by atoms with Gasteiger partial charge in [-0.15, -0.1) is 0 Å². The lowest BCUT2D eigenvalue weighted by atomic mass is 10.1. The number of fused-ring (bicyclic) bond motifs is 1. The zero-order valence-electron chi connectivity index (χ0n) is 10.3. The van der Waals surface area contributed by atoms with Gasteiger partial charge in [0.2, 0.25) is 5.91 Å². The van der Waals surface area contributed by atoms with Crippen LogP contribution in [-0.2, 0) is 11.2 Å². The number of nitrogens with zero attached hydrogens (tertiary/aromatic N) is 2. The van der Waals surface area contributed by atoms with Crippen LogP contribution in [0.25, 0.3) is 11.3 Å². The fourth-order valence-electron chi connectivity index (χ4n) is 2.18. The first-order valence-electron chi connectivity index (χ1n) is 5.90. The van der Waals surface area contributed by atoms with E-state index in [9.17, 15) is 9.59 Å². The minimum Gasteiger partial charge on any atom is -0.326 e. The highest BCUT2D eigenvalue weighted by Gasteiger charge is 2.18. The number of nitrogens with one attached hydrogen (secondary N) is 1. The molecule has 0 saturated carbocycles. The summed E-state index contributed by atoms with van der Waals surface area (Å²) in [6.07, 6.45) is 1.02. The maximum Gasteiger partial charge on any atom is 0.228 e. The molecule has 0 atom stereocenters.